The number of fused-ring (bicyclic) bond motifs is 1. The fraction of sp³-hybridized carbons (Fsp3) is 0.222. The van der Waals surface area contributed by atoms with E-state index in [9.17, 15) is 15.2 Å². The predicted molar refractivity (Wildman–Crippen MR) is 87.0 cm³/mol. The van der Waals surface area contributed by atoms with E-state index in [0.29, 0.717) is 13.0 Å². The summed E-state index contributed by atoms with van der Waals surface area (Å²) in [6.45, 7) is 0.527. The molecule has 1 amide bonds. The van der Waals surface area contributed by atoms with E-state index in [1.54, 1.807) is 5.01 Å². The second-order valence-corrected chi connectivity index (χ2v) is 5.98. The Hall–Kier alpha value is -2.86. The molecule has 2 aromatic carbocycles. The van der Waals surface area contributed by atoms with Crippen LogP contribution in [0.1, 0.15) is 29.6 Å². The lowest BCUT2D eigenvalue weighted by molar-refractivity contribution is -0.728. The highest BCUT2D eigenvalue weighted by Gasteiger charge is 2.56. The Balaban J connectivity index is 1.90. The minimum absolute atomic E-state index is 0.0402. The quantitative estimate of drug-likeness (QED) is 0.523. The van der Waals surface area contributed by atoms with E-state index in [2.05, 4.69) is 0 Å². The van der Waals surface area contributed by atoms with Gasteiger partial charge in [-0.1, -0.05) is 60.7 Å². The van der Waals surface area contributed by atoms with Crippen molar-refractivity contribution in [2.24, 2.45) is 0 Å². The number of hydrogen-bond acceptors (Lipinski definition) is 4. The summed E-state index contributed by atoms with van der Waals surface area (Å²) in [6.07, 6.45) is 0.407. The van der Waals surface area contributed by atoms with E-state index in [1.807, 2.05) is 65.7 Å². The summed E-state index contributed by atoms with van der Waals surface area (Å²) >= 11 is 0. The maximum atomic E-state index is 12.5. The van der Waals surface area contributed by atoms with Gasteiger partial charge in [-0.3, -0.25) is 15.0 Å². The Morgan fingerprint density at radius 3 is 2.04 bits per heavy atom. The highest BCUT2D eigenvalue weighted by Crippen LogP contribution is 2.44. The summed E-state index contributed by atoms with van der Waals surface area (Å²) in [5.41, 5.74) is 1.93. The molecule has 0 bridgehead atoms. The first-order chi connectivity index (χ1) is 11.7. The molecule has 0 aromatic heterocycles. The number of carbonyl (C=O) groups excluding carboxylic acids is 1. The fourth-order valence-electron chi connectivity index (χ4n) is 3.68. The number of nitrogens with zero attached hydrogens (tertiary/aromatic N) is 3. The van der Waals surface area contributed by atoms with Crippen molar-refractivity contribution in [1.82, 2.24) is 10.0 Å². The van der Waals surface area contributed by atoms with Gasteiger partial charge in [0.25, 0.3) is 5.71 Å². The zero-order valence-electron chi connectivity index (χ0n) is 12.9. The topological polar surface area (TPSA) is 69.8 Å². The summed E-state index contributed by atoms with van der Waals surface area (Å²) in [5, 5.41) is 25.4. The first kappa shape index (κ1) is 14.7. The number of carbonyl (C=O) groups is 1. The molecule has 0 spiro atoms. The third-order valence-corrected chi connectivity index (χ3v) is 4.64. The van der Waals surface area contributed by atoms with E-state index >= 15 is 0 Å². The molecule has 2 aromatic rings. The molecule has 2 aliphatic rings. The third-order valence-electron chi connectivity index (χ3n) is 4.64. The Bertz CT molecular complexity index is 788. The summed E-state index contributed by atoms with van der Waals surface area (Å²) in [7, 11) is 0. The molecule has 0 saturated carbocycles. The van der Waals surface area contributed by atoms with Crippen LogP contribution in [0.15, 0.2) is 60.7 Å². The molecule has 2 atom stereocenters. The monoisotopic (exact) mass is 323 g/mol. The van der Waals surface area contributed by atoms with Crippen LogP contribution < -0.4 is 0 Å². The lowest BCUT2D eigenvalue weighted by atomic mass is 9.94. The second kappa shape index (κ2) is 5.65. The Morgan fingerprint density at radius 2 is 1.50 bits per heavy atom. The molecule has 0 aliphatic carbocycles. The van der Waals surface area contributed by atoms with E-state index < -0.39 is 12.1 Å². The van der Waals surface area contributed by atoms with E-state index in [0.717, 1.165) is 11.1 Å². The maximum absolute atomic E-state index is 12.5. The smallest absolute Gasteiger partial charge is 0.273 e. The van der Waals surface area contributed by atoms with Crippen LogP contribution in [0, 0.1) is 5.21 Å². The highest BCUT2D eigenvalue weighted by atomic mass is 16.8. The van der Waals surface area contributed by atoms with Gasteiger partial charge in [-0.25, -0.2) is 0 Å². The van der Waals surface area contributed by atoms with Crippen LogP contribution in [0.25, 0.3) is 0 Å². The van der Waals surface area contributed by atoms with Gasteiger partial charge in [0, 0.05) is 17.9 Å². The van der Waals surface area contributed by atoms with Crippen molar-refractivity contribution >= 4 is 11.6 Å². The number of hydrogen-bond donors (Lipinski definition) is 1. The average Bonchev–Trinajstić information content (AvgIpc) is 3.14. The van der Waals surface area contributed by atoms with Gasteiger partial charge in [-0.15, -0.1) is 0 Å². The van der Waals surface area contributed by atoms with Crippen LogP contribution in [-0.2, 0) is 4.79 Å². The van der Waals surface area contributed by atoms with Crippen molar-refractivity contribution in [1.29, 1.82) is 0 Å². The number of amides is 1. The lowest BCUT2D eigenvalue weighted by Gasteiger charge is -2.25. The zero-order valence-corrected chi connectivity index (χ0v) is 12.9. The maximum Gasteiger partial charge on any atom is 0.273 e. The van der Waals surface area contributed by atoms with Gasteiger partial charge in [0.05, 0.1) is 0 Å². The minimum Gasteiger partial charge on any atom is -0.417 e. The standard InChI is InChI=1S/C18H17N3O3/c22-15-11-12-19-16(13-7-3-1-4-8-13)18(21(23)24)17(20(15)19)14-9-5-2-6-10-14/h1-10,16-17H,11-12H2,(H,23,24). The number of rotatable bonds is 2. The first-order valence-electron chi connectivity index (χ1n) is 7.90. The molecule has 2 heterocycles. The zero-order chi connectivity index (χ0) is 16.7. The van der Waals surface area contributed by atoms with E-state index in [1.165, 1.54) is 0 Å². The van der Waals surface area contributed by atoms with Crippen LogP contribution in [0.4, 0.5) is 0 Å². The van der Waals surface area contributed by atoms with Crippen molar-refractivity contribution in [3.05, 3.63) is 77.0 Å². The molecule has 2 saturated heterocycles. The van der Waals surface area contributed by atoms with Crippen molar-refractivity contribution < 1.29 is 14.9 Å². The molecule has 24 heavy (non-hydrogen) atoms. The third kappa shape index (κ3) is 2.15. The normalized spacial score (nSPS) is 25.8. The van der Waals surface area contributed by atoms with Gasteiger partial charge in [-0.2, -0.15) is 5.01 Å². The molecule has 6 heteroatoms. The van der Waals surface area contributed by atoms with Crippen molar-refractivity contribution in [3.8, 4) is 0 Å². The number of benzene rings is 2. The lowest BCUT2D eigenvalue weighted by Crippen LogP contribution is -2.35. The van der Waals surface area contributed by atoms with Crippen molar-refractivity contribution in [2.75, 3.05) is 6.54 Å². The second-order valence-electron chi connectivity index (χ2n) is 5.98. The van der Waals surface area contributed by atoms with Crippen LogP contribution in [-0.4, -0.2) is 38.3 Å². The van der Waals surface area contributed by atoms with Gasteiger partial charge in [0.1, 0.15) is 6.04 Å². The van der Waals surface area contributed by atoms with Gasteiger partial charge < -0.3 is 5.21 Å². The number of hydrazine groups is 1. The fourth-order valence-corrected chi connectivity index (χ4v) is 3.68. The van der Waals surface area contributed by atoms with Gasteiger partial charge in [0.15, 0.2) is 6.04 Å². The van der Waals surface area contributed by atoms with Crippen LogP contribution in [0.5, 0.6) is 0 Å². The van der Waals surface area contributed by atoms with Crippen LogP contribution in [0.2, 0.25) is 0 Å². The SMILES string of the molecule is O=C1CCN2C(c3ccccc3)C(=[N+]([O-])O)C(c3ccccc3)N12. The Morgan fingerprint density at radius 1 is 0.958 bits per heavy atom. The Kier molecular flexibility index (Phi) is 3.46. The van der Waals surface area contributed by atoms with Crippen molar-refractivity contribution in [3.63, 3.8) is 0 Å². The molecule has 4 rings (SSSR count). The molecule has 2 aliphatic heterocycles. The van der Waals surface area contributed by atoms with Gasteiger partial charge in [0.2, 0.25) is 5.91 Å². The van der Waals surface area contributed by atoms with E-state index in [-0.39, 0.29) is 16.5 Å². The molecule has 2 unspecified atom stereocenters. The van der Waals surface area contributed by atoms with E-state index in [4.69, 9.17) is 0 Å². The Labute approximate surface area is 139 Å². The highest BCUT2D eigenvalue weighted by molar-refractivity contribution is 5.98. The van der Waals surface area contributed by atoms with Gasteiger partial charge in [-0.05, 0) is 11.1 Å². The summed E-state index contributed by atoms with van der Waals surface area (Å²) in [4.78, 5) is 12.4. The minimum atomic E-state index is -0.589. The predicted octanol–water partition coefficient (Wildman–Crippen LogP) is 2.27. The molecule has 2 fully saturated rings. The average molecular weight is 323 g/mol. The van der Waals surface area contributed by atoms with Crippen LogP contribution in [0.3, 0.4) is 0 Å². The first-order valence-corrected chi connectivity index (χ1v) is 7.90. The molecule has 6 nitrogen and oxygen atoms in total. The molecule has 122 valence electrons. The molecule has 1 N–H and O–H groups in total. The summed E-state index contributed by atoms with van der Waals surface area (Å²) < 4.78 is 0. The summed E-state index contributed by atoms with van der Waals surface area (Å²) in [6, 6.07) is 17.8. The molecular formula is C18H17N3O3. The van der Waals surface area contributed by atoms with Crippen LogP contribution >= 0.6 is 0 Å². The van der Waals surface area contributed by atoms with Gasteiger partial charge >= 0.3 is 0 Å². The largest absolute Gasteiger partial charge is 0.417 e. The summed E-state index contributed by atoms with van der Waals surface area (Å²) in [5.74, 6) is -0.0402. The molecular weight excluding hydrogens is 306 g/mol. The molecule has 0 radical (unpaired) electrons. The van der Waals surface area contributed by atoms with Crippen molar-refractivity contribution in [2.45, 2.75) is 18.5 Å².